The van der Waals surface area contributed by atoms with Crippen molar-refractivity contribution in [1.82, 2.24) is 9.13 Å². The molecule has 0 atom stereocenters. The number of nitriles is 2. The van der Waals surface area contributed by atoms with Gasteiger partial charge in [-0.1, -0.05) is 110 Å². The van der Waals surface area contributed by atoms with Crippen molar-refractivity contribution in [3.8, 4) is 34.6 Å². The van der Waals surface area contributed by atoms with Crippen LogP contribution in [-0.4, -0.2) is 9.13 Å². The van der Waals surface area contributed by atoms with Gasteiger partial charge in [0.15, 0.2) is 0 Å². The van der Waals surface area contributed by atoms with E-state index in [0.717, 1.165) is 88.2 Å². The van der Waals surface area contributed by atoms with Crippen molar-refractivity contribution < 1.29 is 4.42 Å². The van der Waals surface area contributed by atoms with Gasteiger partial charge in [-0.2, -0.15) is 10.5 Å². The van der Waals surface area contributed by atoms with Crippen molar-refractivity contribution in [3.05, 3.63) is 186 Å². The van der Waals surface area contributed by atoms with Crippen molar-refractivity contribution in [2.45, 2.75) is 6.92 Å². The lowest BCUT2D eigenvalue weighted by molar-refractivity contribution is 0.673. The van der Waals surface area contributed by atoms with E-state index in [0.29, 0.717) is 22.5 Å². The Bertz CT molecular complexity index is 3340. The number of aromatic nitrogens is 2. The number of rotatable bonds is 6. The fourth-order valence-corrected chi connectivity index (χ4v) is 8.43. The first-order valence-corrected chi connectivity index (χ1v) is 18.5. The average Bonchev–Trinajstić information content (AvgIpc) is 3.90. The monoisotopic (exact) mass is 716 g/mol. The van der Waals surface area contributed by atoms with Crippen molar-refractivity contribution >= 4 is 72.4 Å². The number of benzene rings is 7. The SMILES string of the molecule is C=Cc1c(/C=C(\C)c2ccccc2)c2cc(-c3ccccc3)ccc2n1-c1c(C#N)ccc(C#N)c1-n1c2ccccc2c2c3oc4ccccc4c3ccc21. The molecule has 10 aromatic rings. The number of allylic oxidation sites excluding steroid dienone is 1. The maximum absolute atomic E-state index is 10.9. The number of nitrogens with zero attached hydrogens (tertiary/aromatic N) is 4. The third-order valence-corrected chi connectivity index (χ3v) is 11.0. The van der Waals surface area contributed by atoms with E-state index in [1.54, 1.807) is 12.1 Å². The van der Waals surface area contributed by atoms with Gasteiger partial charge in [-0.3, -0.25) is 0 Å². The zero-order chi connectivity index (χ0) is 37.9. The minimum absolute atomic E-state index is 0.428. The first kappa shape index (κ1) is 32.8. The molecule has 3 heterocycles. The summed E-state index contributed by atoms with van der Waals surface area (Å²) in [6, 6.07) is 56.1. The van der Waals surface area contributed by atoms with Gasteiger partial charge < -0.3 is 13.6 Å². The predicted molar refractivity (Wildman–Crippen MR) is 230 cm³/mol. The summed E-state index contributed by atoms with van der Waals surface area (Å²) < 4.78 is 10.9. The van der Waals surface area contributed by atoms with Crippen LogP contribution in [-0.2, 0) is 0 Å². The second-order valence-electron chi connectivity index (χ2n) is 14.0. The highest BCUT2D eigenvalue weighted by atomic mass is 16.3. The second kappa shape index (κ2) is 12.9. The summed E-state index contributed by atoms with van der Waals surface area (Å²) >= 11 is 0. The predicted octanol–water partition coefficient (Wildman–Crippen LogP) is 13.2. The fourth-order valence-electron chi connectivity index (χ4n) is 8.43. The summed E-state index contributed by atoms with van der Waals surface area (Å²) in [6.45, 7) is 6.48. The highest BCUT2D eigenvalue weighted by Crippen LogP contribution is 2.44. The molecule has 0 bridgehead atoms. The van der Waals surface area contributed by atoms with Gasteiger partial charge in [-0.25, -0.2) is 0 Å². The summed E-state index contributed by atoms with van der Waals surface area (Å²) in [7, 11) is 0. The van der Waals surface area contributed by atoms with E-state index in [1.165, 1.54) is 0 Å². The zero-order valence-corrected chi connectivity index (χ0v) is 30.5. The molecule has 3 aromatic heterocycles. The molecule has 5 nitrogen and oxygen atoms in total. The Balaban J connectivity index is 1.36. The normalized spacial score (nSPS) is 11.8. The number of furan rings is 1. The standard InChI is InChI=1S/C51H32N4O/c1-3-43-41(28-32(2)33-14-6-4-7-15-33)42-29-35(34-16-8-5-9-17-34)24-26-45(42)54(43)49-36(30-52)22-23-37(31-53)50(49)55-44-20-12-10-19-40(44)48-46(55)27-25-39-38-18-11-13-21-47(38)56-51(39)48/h3-29H,1H2,2H3/b32-28+. The lowest BCUT2D eigenvalue weighted by Gasteiger charge is -2.20. The fraction of sp³-hybridized carbons (Fsp3) is 0.0196. The second-order valence-corrected chi connectivity index (χ2v) is 14.0. The molecule has 0 aliphatic carbocycles. The number of para-hydroxylation sites is 2. The van der Waals surface area contributed by atoms with Gasteiger partial charge in [0.2, 0.25) is 0 Å². The zero-order valence-electron chi connectivity index (χ0n) is 30.5. The van der Waals surface area contributed by atoms with Crippen LogP contribution >= 0.6 is 0 Å². The van der Waals surface area contributed by atoms with Crippen LogP contribution in [0, 0.1) is 22.7 Å². The van der Waals surface area contributed by atoms with E-state index in [4.69, 9.17) is 4.42 Å². The molecule has 56 heavy (non-hydrogen) atoms. The van der Waals surface area contributed by atoms with Gasteiger partial charge in [0.05, 0.1) is 50.1 Å². The van der Waals surface area contributed by atoms with Gasteiger partial charge in [-0.05, 0) is 89.9 Å². The van der Waals surface area contributed by atoms with E-state index in [9.17, 15) is 10.5 Å². The minimum atomic E-state index is 0.428. The number of fused-ring (bicyclic) bond motifs is 8. The largest absolute Gasteiger partial charge is 0.455 e. The molecule has 0 unspecified atom stereocenters. The van der Waals surface area contributed by atoms with Crippen molar-refractivity contribution in [3.63, 3.8) is 0 Å². The lowest BCUT2D eigenvalue weighted by Crippen LogP contribution is -2.09. The average molecular weight is 717 g/mol. The van der Waals surface area contributed by atoms with Crippen molar-refractivity contribution in [2.75, 3.05) is 0 Å². The van der Waals surface area contributed by atoms with Gasteiger partial charge >= 0.3 is 0 Å². The first-order chi connectivity index (χ1) is 27.6. The Labute approximate surface area is 323 Å². The Morgan fingerprint density at radius 1 is 0.589 bits per heavy atom. The van der Waals surface area contributed by atoms with E-state index in [1.807, 2.05) is 72.8 Å². The Morgan fingerprint density at radius 3 is 1.95 bits per heavy atom. The molecular weight excluding hydrogens is 685 g/mol. The molecule has 10 rings (SSSR count). The van der Waals surface area contributed by atoms with Gasteiger partial charge in [0.1, 0.15) is 23.3 Å². The molecule has 0 saturated carbocycles. The molecule has 0 aliphatic heterocycles. The topological polar surface area (TPSA) is 70.6 Å². The quantitative estimate of drug-likeness (QED) is 0.172. The number of hydrogen-bond donors (Lipinski definition) is 0. The molecule has 0 aliphatic rings. The Hall–Kier alpha value is -7.86. The summed E-state index contributed by atoms with van der Waals surface area (Å²) in [5.74, 6) is 0. The summed E-state index contributed by atoms with van der Waals surface area (Å²) in [5, 5.41) is 26.8. The van der Waals surface area contributed by atoms with Crippen molar-refractivity contribution in [1.29, 1.82) is 10.5 Å². The smallest absolute Gasteiger partial charge is 0.145 e. The minimum Gasteiger partial charge on any atom is -0.455 e. The number of hydrogen-bond acceptors (Lipinski definition) is 3. The van der Waals surface area contributed by atoms with Crippen LogP contribution in [0.5, 0.6) is 0 Å². The molecule has 0 spiro atoms. The van der Waals surface area contributed by atoms with Crippen LogP contribution in [0.25, 0.3) is 94.9 Å². The Kier molecular flexibility index (Phi) is 7.56. The highest BCUT2D eigenvalue weighted by molar-refractivity contribution is 6.24. The molecule has 0 saturated heterocycles. The van der Waals surface area contributed by atoms with E-state index in [-0.39, 0.29) is 0 Å². The van der Waals surface area contributed by atoms with Gasteiger partial charge in [0.25, 0.3) is 0 Å². The third-order valence-electron chi connectivity index (χ3n) is 11.0. The summed E-state index contributed by atoms with van der Waals surface area (Å²) in [5.41, 5.74) is 12.5. The molecule has 7 aromatic carbocycles. The highest BCUT2D eigenvalue weighted by Gasteiger charge is 2.27. The van der Waals surface area contributed by atoms with Gasteiger partial charge in [0, 0.05) is 27.1 Å². The summed E-state index contributed by atoms with van der Waals surface area (Å²) in [6.07, 6.45) is 4.07. The lowest BCUT2D eigenvalue weighted by atomic mass is 9.99. The molecule has 262 valence electrons. The van der Waals surface area contributed by atoms with Gasteiger partial charge in [-0.15, -0.1) is 0 Å². The van der Waals surface area contributed by atoms with E-state index in [2.05, 4.69) is 114 Å². The Morgan fingerprint density at radius 2 is 1.21 bits per heavy atom. The van der Waals surface area contributed by atoms with Crippen LogP contribution in [0.2, 0.25) is 0 Å². The van der Waals surface area contributed by atoms with Crippen LogP contribution in [0.15, 0.2) is 163 Å². The summed E-state index contributed by atoms with van der Waals surface area (Å²) in [4.78, 5) is 0. The molecule has 0 amide bonds. The van der Waals surface area contributed by atoms with E-state index < -0.39 is 0 Å². The molecule has 0 fully saturated rings. The van der Waals surface area contributed by atoms with Crippen LogP contribution in [0.1, 0.15) is 34.9 Å². The maximum Gasteiger partial charge on any atom is 0.145 e. The van der Waals surface area contributed by atoms with Crippen LogP contribution in [0.3, 0.4) is 0 Å². The third kappa shape index (κ3) is 4.86. The first-order valence-electron chi connectivity index (χ1n) is 18.5. The molecule has 5 heteroatoms. The maximum atomic E-state index is 10.9. The van der Waals surface area contributed by atoms with Crippen molar-refractivity contribution in [2.24, 2.45) is 0 Å². The molecule has 0 radical (unpaired) electrons. The molecule has 0 N–H and O–H groups in total. The van der Waals surface area contributed by atoms with E-state index >= 15 is 0 Å². The van der Waals surface area contributed by atoms with Crippen LogP contribution in [0.4, 0.5) is 0 Å². The van der Waals surface area contributed by atoms with Crippen LogP contribution < -0.4 is 0 Å². The molecular formula is C51H32N4O.